The maximum atomic E-state index is 5.88. The molecule has 0 saturated carbocycles. The van der Waals surface area contributed by atoms with Crippen LogP contribution in [0.5, 0.6) is 0 Å². The van der Waals surface area contributed by atoms with Gasteiger partial charge in [0.1, 0.15) is 0 Å². The number of hydrogen-bond acceptors (Lipinski definition) is 1. The van der Waals surface area contributed by atoms with Crippen LogP contribution in [0.1, 0.15) is 20.3 Å². The Hall–Kier alpha value is -0.0831. The summed E-state index contributed by atoms with van der Waals surface area (Å²) in [6, 6.07) is 1.24. The fourth-order valence-corrected chi connectivity index (χ4v) is 4.34. The zero-order valence-electron chi connectivity index (χ0n) is 7.98. The highest BCUT2D eigenvalue weighted by atomic mass is 28.4. The van der Waals surface area contributed by atoms with Gasteiger partial charge in [-0.3, -0.25) is 0 Å². The number of rotatable bonds is 1. The van der Waals surface area contributed by atoms with Crippen LogP contribution in [0.3, 0.4) is 0 Å². The predicted octanol–water partition coefficient (Wildman–Crippen LogP) is 2.95. The fraction of sp³-hybridized carbons (Fsp3) is 0.778. The Balaban J connectivity index is 2.66. The summed E-state index contributed by atoms with van der Waals surface area (Å²) in [6.07, 6.45) is 3.87. The van der Waals surface area contributed by atoms with E-state index in [2.05, 4.69) is 33.0 Å². The SMILES string of the molecule is CC/C=C1/C[Si](C)(C)OC1C. The molecular formula is C9H18OSi. The van der Waals surface area contributed by atoms with E-state index in [9.17, 15) is 0 Å². The second kappa shape index (κ2) is 3.11. The van der Waals surface area contributed by atoms with E-state index in [1.54, 1.807) is 0 Å². The molecule has 1 aliphatic heterocycles. The number of allylic oxidation sites excluding steroid dienone is 1. The Kier molecular flexibility index (Phi) is 2.55. The lowest BCUT2D eigenvalue weighted by atomic mass is 10.1. The van der Waals surface area contributed by atoms with Crippen molar-refractivity contribution in [2.24, 2.45) is 0 Å². The summed E-state index contributed by atoms with van der Waals surface area (Å²) in [5.41, 5.74) is 1.53. The van der Waals surface area contributed by atoms with Gasteiger partial charge < -0.3 is 4.43 Å². The molecule has 1 heterocycles. The highest BCUT2D eigenvalue weighted by Gasteiger charge is 2.35. The third-order valence-electron chi connectivity index (χ3n) is 2.11. The van der Waals surface area contributed by atoms with Crippen LogP contribution in [-0.4, -0.2) is 14.4 Å². The Morgan fingerprint density at radius 1 is 1.64 bits per heavy atom. The van der Waals surface area contributed by atoms with E-state index < -0.39 is 8.32 Å². The summed E-state index contributed by atoms with van der Waals surface area (Å²) >= 11 is 0. The minimum Gasteiger partial charge on any atom is -0.411 e. The summed E-state index contributed by atoms with van der Waals surface area (Å²) < 4.78 is 5.88. The van der Waals surface area contributed by atoms with E-state index in [-0.39, 0.29) is 0 Å². The average Bonchev–Trinajstić information content (AvgIpc) is 2.07. The van der Waals surface area contributed by atoms with Crippen LogP contribution in [-0.2, 0) is 4.43 Å². The quantitative estimate of drug-likeness (QED) is 0.434. The van der Waals surface area contributed by atoms with Gasteiger partial charge in [0, 0.05) is 0 Å². The standard InChI is InChI=1S/C9H18OSi/c1-5-6-9-7-11(3,4)10-8(9)2/h6,8H,5,7H2,1-4H3/b9-6-. The highest BCUT2D eigenvalue weighted by molar-refractivity contribution is 6.72. The molecule has 0 N–H and O–H groups in total. The van der Waals surface area contributed by atoms with Crippen LogP contribution < -0.4 is 0 Å². The Morgan fingerprint density at radius 3 is 2.64 bits per heavy atom. The monoisotopic (exact) mass is 170 g/mol. The van der Waals surface area contributed by atoms with Gasteiger partial charge >= 0.3 is 0 Å². The van der Waals surface area contributed by atoms with Gasteiger partial charge in [-0.2, -0.15) is 0 Å². The Labute approximate surface area is 70.6 Å². The molecule has 0 aromatic heterocycles. The lowest BCUT2D eigenvalue weighted by molar-refractivity contribution is 0.275. The van der Waals surface area contributed by atoms with E-state index >= 15 is 0 Å². The third kappa shape index (κ3) is 2.17. The van der Waals surface area contributed by atoms with E-state index in [0.29, 0.717) is 6.10 Å². The van der Waals surface area contributed by atoms with Gasteiger partial charge in [0.05, 0.1) is 6.10 Å². The lowest BCUT2D eigenvalue weighted by Gasteiger charge is -2.13. The highest BCUT2D eigenvalue weighted by Crippen LogP contribution is 2.31. The fourth-order valence-electron chi connectivity index (χ4n) is 1.73. The molecular weight excluding hydrogens is 152 g/mol. The molecule has 1 saturated heterocycles. The van der Waals surface area contributed by atoms with Gasteiger partial charge in [0.15, 0.2) is 8.32 Å². The Bertz CT molecular complexity index is 172. The zero-order valence-corrected chi connectivity index (χ0v) is 8.98. The second-order valence-electron chi connectivity index (χ2n) is 3.88. The van der Waals surface area contributed by atoms with Crippen molar-refractivity contribution < 1.29 is 4.43 Å². The van der Waals surface area contributed by atoms with Crippen molar-refractivity contribution in [3.05, 3.63) is 11.6 Å². The van der Waals surface area contributed by atoms with Crippen molar-refractivity contribution in [2.75, 3.05) is 0 Å². The lowest BCUT2D eigenvalue weighted by Crippen LogP contribution is -2.24. The molecule has 0 aromatic rings. The van der Waals surface area contributed by atoms with E-state index in [1.807, 2.05) is 0 Å². The van der Waals surface area contributed by atoms with Crippen LogP contribution >= 0.6 is 0 Å². The smallest absolute Gasteiger partial charge is 0.191 e. The molecule has 1 atom stereocenters. The van der Waals surface area contributed by atoms with Crippen molar-refractivity contribution in [2.45, 2.75) is 45.5 Å². The topological polar surface area (TPSA) is 9.23 Å². The summed E-state index contributed by atoms with van der Waals surface area (Å²) in [5, 5.41) is 0. The van der Waals surface area contributed by atoms with Gasteiger partial charge in [0.2, 0.25) is 0 Å². The minimum absolute atomic E-state index is 0.400. The van der Waals surface area contributed by atoms with Crippen molar-refractivity contribution >= 4 is 8.32 Å². The predicted molar refractivity (Wildman–Crippen MR) is 51.2 cm³/mol. The van der Waals surface area contributed by atoms with Crippen LogP contribution in [0.25, 0.3) is 0 Å². The van der Waals surface area contributed by atoms with Gasteiger partial charge in [-0.15, -0.1) is 0 Å². The molecule has 0 radical (unpaired) electrons. The summed E-state index contributed by atoms with van der Waals surface area (Å²) in [6.45, 7) is 8.94. The first-order valence-electron chi connectivity index (χ1n) is 4.42. The minimum atomic E-state index is -1.27. The van der Waals surface area contributed by atoms with Crippen LogP contribution in [0, 0.1) is 0 Å². The third-order valence-corrected chi connectivity index (χ3v) is 4.37. The van der Waals surface area contributed by atoms with Crippen molar-refractivity contribution in [3.8, 4) is 0 Å². The van der Waals surface area contributed by atoms with Crippen LogP contribution in [0.15, 0.2) is 11.6 Å². The van der Waals surface area contributed by atoms with Crippen molar-refractivity contribution in [3.63, 3.8) is 0 Å². The first-order valence-corrected chi connectivity index (χ1v) is 7.53. The molecule has 2 heteroatoms. The summed E-state index contributed by atoms with van der Waals surface area (Å²) in [4.78, 5) is 0. The molecule has 0 amide bonds. The van der Waals surface area contributed by atoms with Crippen LogP contribution in [0.2, 0.25) is 19.1 Å². The molecule has 11 heavy (non-hydrogen) atoms. The number of hydrogen-bond donors (Lipinski definition) is 0. The van der Waals surface area contributed by atoms with Gasteiger partial charge in [-0.1, -0.05) is 13.0 Å². The van der Waals surface area contributed by atoms with E-state index in [1.165, 1.54) is 11.6 Å². The van der Waals surface area contributed by atoms with E-state index in [0.717, 1.165) is 6.42 Å². The molecule has 0 aromatic carbocycles. The van der Waals surface area contributed by atoms with Crippen LogP contribution in [0.4, 0.5) is 0 Å². The van der Waals surface area contributed by atoms with Gasteiger partial charge in [-0.25, -0.2) is 0 Å². The maximum Gasteiger partial charge on any atom is 0.191 e. The average molecular weight is 170 g/mol. The van der Waals surface area contributed by atoms with E-state index in [4.69, 9.17) is 4.43 Å². The van der Waals surface area contributed by atoms with Gasteiger partial charge in [-0.05, 0) is 38.1 Å². The maximum absolute atomic E-state index is 5.88. The first-order chi connectivity index (χ1) is 5.05. The zero-order chi connectivity index (χ0) is 8.48. The largest absolute Gasteiger partial charge is 0.411 e. The summed E-state index contributed by atoms with van der Waals surface area (Å²) in [7, 11) is -1.27. The molecule has 1 unspecified atom stereocenters. The molecule has 1 nitrogen and oxygen atoms in total. The first kappa shape index (κ1) is 9.01. The molecule has 64 valence electrons. The second-order valence-corrected chi connectivity index (χ2v) is 7.99. The van der Waals surface area contributed by atoms with Crippen molar-refractivity contribution in [1.29, 1.82) is 0 Å². The molecule has 0 bridgehead atoms. The molecule has 0 aliphatic carbocycles. The summed E-state index contributed by atoms with van der Waals surface area (Å²) in [5.74, 6) is 0. The molecule has 1 fully saturated rings. The normalized spacial score (nSPS) is 33.1. The van der Waals surface area contributed by atoms with Crippen molar-refractivity contribution in [1.82, 2.24) is 0 Å². The molecule has 1 rings (SSSR count). The van der Waals surface area contributed by atoms with Gasteiger partial charge in [0.25, 0.3) is 0 Å². The molecule has 1 aliphatic rings. The Morgan fingerprint density at radius 2 is 2.27 bits per heavy atom. The molecule has 0 spiro atoms.